The maximum atomic E-state index is 4.30. The molecule has 0 fully saturated rings. The third kappa shape index (κ3) is 1.21. The van der Waals surface area contributed by atoms with Crippen LogP contribution in [0.5, 0.6) is 0 Å². The summed E-state index contributed by atoms with van der Waals surface area (Å²) in [7, 11) is 0. The van der Waals surface area contributed by atoms with Gasteiger partial charge in [0.1, 0.15) is 5.82 Å². The molecule has 0 aliphatic carbocycles. The van der Waals surface area contributed by atoms with Gasteiger partial charge in [-0.2, -0.15) is 0 Å². The molecule has 1 N–H and O–H groups in total. The average molecular weight is 160 g/mol. The van der Waals surface area contributed by atoms with E-state index in [0.717, 1.165) is 18.8 Å². The van der Waals surface area contributed by atoms with Crippen LogP contribution in [0.4, 0.5) is 0 Å². The molecule has 12 heavy (non-hydrogen) atoms. The number of nitrogens with one attached hydrogen (secondary N) is 1. The van der Waals surface area contributed by atoms with Crippen LogP contribution >= 0.6 is 0 Å². The molecule has 0 unspecified atom stereocenters. The summed E-state index contributed by atoms with van der Waals surface area (Å²) in [6.45, 7) is 3.14. The fourth-order valence-corrected chi connectivity index (χ4v) is 1.55. The van der Waals surface area contributed by atoms with Crippen molar-refractivity contribution in [1.29, 1.82) is 0 Å². The van der Waals surface area contributed by atoms with Gasteiger partial charge >= 0.3 is 0 Å². The van der Waals surface area contributed by atoms with E-state index >= 15 is 0 Å². The minimum Gasteiger partial charge on any atom is -0.370 e. The van der Waals surface area contributed by atoms with Crippen LogP contribution in [0.2, 0.25) is 0 Å². The van der Waals surface area contributed by atoms with Gasteiger partial charge in [-0.15, -0.1) is 5.73 Å². The first kappa shape index (κ1) is 7.38. The molecule has 0 aromatic heterocycles. The van der Waals surface area contributed by atoms with E-state index in [2.05, 4.69) is 23.0 Å². The molecule has 2 heteroatoms. The minimum atomic E-state index is 1.04. The lowest BCUT2D eigenvalue weighted by Crippen LogP contribution is -2.20. The average Bonchev–Trinajstić information content (AvgIpc) is 2.29. The molecule has 0 atom stereocenters. The van der Waals surface area contributed by atoms with Crippen LogP contribution in [-0.2, 0) is 0 Å². The Morgan fingerprint density at radius 2 is 2.50 bits per heavy atom. The summed E-state index contributed by atoms with van der Waals surface area (Å²) < 4.78 is 0. The molecule has 0 aromatic rings. The van der Waals surface area contributed by atoms with Gasteiger partial charge in [0.05, 0.1) is 0 Å². The van der Waals surface area contributed by atoms with Crippen LogP contribution < -0.4 is 5.32 Å². The Morgan fingerprint density at radius 3 is 3.42 bits per heavy atom. The third-order valence-electron chi connectivity index (χ3n) is 2.21. The zero-order valence-corrected chi connectivity index (χ0v) is 7.22. The van der Waals surface area contributed by atoms with Crippen molar-refractivity contribution in [1.82, 2.24) is 5.32 Å². The van der Waals surface area contributed by atoms with Crippen LogP contribution in [0.25, 0.3) is 0 Å². The Bertz CT molecular complexity index is 315. The summed E-state index contributed by atoms with van der Waals surface area (Å²) in [6, 6.07) is 0. The number of rotatable bonds is 0. The maximum Gasteiger partial charge on any atom is 0.130 e. The summed E-state index contributed by atoms with van der Waals surface area (Å²) in [5, 5.41) is 3.29. The number of aliphatic imine (C=N–C) groups is 1. The van der Waals surface area contributed by atoms with E-state index in [1.165, 1.54) is 17.6 Å². The van der Waals surface area contributed by atoms with Crippen LogP contribution in [0, 0.1) is 0 Å². The summed E-state index contributed by atoms with van der Waals surface area (Å²) in [4.78, 5) is 4.30. The van der Waals surface area contributed by atoms with Crippen LogP contribution in [0.3, 0.4) is 0 Å². The summed E-state index contributed by atoms with van der Waals surface area (Å²) >= 11 is 0. The largest absolute Gasteiger partial charge is 0.370 e. The van der Waals surface area contributed by atoms with Gasteiger partial charge in [-0.1, -0.05) is 0 Å². The van der Waals surface area contributed by atoms with Crippen molar-refractivity contribution in [2.45, 2.75) is 19.8 Å². The summed E-state index contributed by atoms with van der Waals surface area (Å²) in [5.74, 6) is 1.04. The molecule has 2 aliphatic rings. The van der Waals surface area contributed by atoms with Crippen molar-refractivity contribution in [2.24, 2.45) is 4.99 Å². The quantitative estimate of drug-likeness (QED) is 0.536. The smallest absolute Gasteiger partial charge is 0.130 e. The SMILES string of the molecule is CC1=C=CC=NC2=C1CCCN2. The van der Waals surface area contributed by atoms with Crippen LogP contribution in [0.1, 0.15) is 19.8 Å². The Kier molecular flexibility index (Phi) is 1.84. The van der Waals surface area contributed by atoms with Gasteiger partial charge in [-0.25, -0.2) is 4.99 Å². The number of allylic oxidation sites excluding steroid dienone is 2. The number of hydrogen-bond donors (Lipinski definition) is 1. The van der Waals surface area contributed by atoms with E-state index in [1.54, 1.807) is 6.21 Å². The van der Waals surface area contributed by atoms with E-state index in [9.17, 15) is 0 Å². The van der Waals surface area contributed by atoms with Gasteiger partial charge < -0.3 is 5.32 Å². The lowest BCUT2D eigenvalue weighted by molar-refractivity contribution is 0.661. The van der Waals surface area contributed by atoms with Gasteiger partial charge in [0.2, 0.25) is 0 Å². The zero-order chi connectivity index (χ0) is 8.39. The first-order chi connectivity index (χ1) is 5.88. The Hall–Kier alpha value is -1.27. The molecule has 0 bridgehead atoms. The maximum absolute atomic E-state index is 4.30. The van der Waals surface area contributed by atoms with Crippen LogP contribution in [-0.4, -0.2) is 12.8 Å². The molecule has 0 saturated carbocycles. The lowest BCUT2D eigenvalue weighted by Gasteiger charge is -2.17. The predicted molar refractivity (Wildman–Crippen MR) is 50.0 cm³/mol. The number of nitrogens with zero attached hydrogens (tertiary/aromatic N) is 1. The number of hydrogen-bond acceptors (Lipinski definition) is 2. The van der Waals surface area contributed by atoms with Crippen molar-refractivity contribution in [3.05, 3.63) is 28.8 Å². The fraction of sp³-hybridized carbons (Fsp3) is 0.400. The normalized spacial score (nSPS) is 21.2. The van der Waals surface area contributed by atoms with E-state index < -0.39 is 0 Å². The highest BCUT2D eigenvalue weighted by molar-refractivity contribution is 5.73. The second kappa shape index (κ2) is 3.00. The second-order valence-electron chi connectivity index (χ2n) is 3.07. The highest BCUT2D eigenvalue weighted by Gasteiger charge is 2.12. The molecule has 0 amide bonds. The first-order valence-electron chi connectivity index (χ1n) is 4.31. The second-order valence-corrected chi connectivity index (χ2v) is 3.07. The highest BCUT2D eigenvalue weighted by atomic mass is 15.0. The summed E-state index contributed by atoms with van der Waals surface area (Å²) in [6.07, 6.45) is 6.00. The molecule has 0 radical (unpaired) electrons. The molecular formula is C10H12N2. The molecule has 62 valence electrons. The van der Waals surface area contributed by atoms with Gasteiger partial charge in [-0.05, 0) is 31.4 Å². The fourth-order valence-electron chi connectivity index (χ4n) is 1.55. The van der Waals surface area contributed by atoms with E-state index in [4.69, 9.17) is 0 Å². The third-order valence-corrected chi connectivity index (χ3v) is 2.21. The highest BCUT2D eigenvalue weighted by Crippen LogP contribution is 2.22. The Morgan fingerprint density at radius 1 is 1.58 bits per heavy atom. The zero-order valence-electron chi connectivity index (χ0n) is 7.22. The van der Waals surface area contributed by atoms with E-state index in [1.807, 2.05) is 6.08 Å². The van der Waals surface area contributed by atoms with Crippen molar-refractivity contribution < 1.29 is 0 Å². The van der Waals surface area contributed by atoms with E-state index in [-0.39, 0.29) is 0 Å². The summed E-state index contributed by atoms with van der Waals surface area (Å²) in [5.41, 5.74) is 5.73. The van der Waals surface area contributed by atoms with Gasteiger partial charge in [0.25, 0.3) is 0 Å². The van der Waals surface area contributed by atoms with Crippen molar-refractivity contribution in [3.8, 4) is 0 Å². The molecule has 0 spiro atoms. The van der Waals surface area contributed by atoms with Crippen LogP contribution in [0.15, 0.2) is 33.8 Å². The lowest BCUT2D eigenvalue weighted by atomic mass is 10.0. The minimum absolute atomic E-state index is 1.04. The predicted octanol–water partition coefficient (Wildman–Crippen LogP) is 1.77. The monoisotopic (exact) mass is 160 g/mol. The molecule has 2 aliphatic heterocycles. The van der Waals surface area contributed by atoms with Crippen molar-refractivity contribution >= 4 is 6.21 Å². The molecule has 2 heterocycles. The molecule has 0 saturated heterocycles. The van der Waals surface area contributed by atoms with Gasteiger partial charge in [0, 0.05) is 18.3 Å². The van der Waals surface area contributed by atoms with Gasteiger partial charge in [-0.3, -0.25) is 0 Å². The van der Waals surface area contributed by atoms with E-state index in [0.29, 0.717) is 0 Å². The molecule has 2 nitrogen and oxygen atoms in total. The van der Waals surface area contributed by atoms with Crippen molar-refractivity contribution in [3.63, 3.8) is 0 Å². The topological polar surface area (TPSA) is 24.4 Å². The molecular weight excluding hydrogens is 148 g/mol. The molecule has 2 rings (SSSR count). The standard InChI is InChI=1S/C10H12N2/c1-8-4-2-6-11-10-9(8)5-3-7-12-10/h2,6,12H,3,5,7H2,1H3. The Balaban J connectivity index is 2.45. The van der Waals surface area contributed by atoms with Crippen molar-refractivity contribution in [2.75, 3.05) is 6.54 Å². The first-order valence-corrected chi connectivity index (χ1v) is 4.31. The Labute approximate surface area is 72.4 Å². The molecule has 0 aromatic carbocycles. The van der Waals surface area contributed by atoms with Gasteiger partial charge in [0.15, 0.2) is 0 Å².